The van der Waals surface area contributed by atoms with Crippen LogP contribution in [-0.2, 0) is 14.4 Å². The summed E-state index contributed by atoms with van der Waals surface area (Å²) in [5.41, 5.74) is 0.150. The topological polar surface area (TPSA) is 112 Å². The zero-order valence-electron chi connectivity index (χ0n) is 9.34. The fourth-order valence-corrected chi connectivity index (χ4v) is 0.389. The normalized spacial score (nSPS) is 9.00. The van der Waals surface area contributed by atoms with Gasteiger partial charge in [-0.2, -0.15) is 0 Å². The van der Waals surface area contributed by atoms with E-state index in [0.717, 1.165) is 6.08 Å². The smallest absolute Gasteiger partial charge is 0.331 e. The lowest BCUT2D eigenvalue weighted by Crippen LogP contribution is -1.97. The molecule has 0 amide bonds. The molecule has 3 N–H and O–H groups in total. The van der Waals surface area contributed by atoms with E-state index in [9.17, 15) is 14.4 Å². The van der Waals surface area contributed by atoms with Gasteiger partial charge in [0, 0.05) is 17.2 Å². The lowest BCUT2D eigenvalue weighted by molar-refractivity contribution is -0.133. The van der Waals surface area contributed by atoms with Crippen molar-refractivity contribution in [2.75, 3.05) is 0 Å². The second-order valence-corrected chi connectivity index (χ2v) is 2.94. The number of rotatable bonds is 5. The molecule has 6 heteroatoms. The minimum Gasteiger partial charge on any atom is -0.478 e. The Balaban J connectivity index is 0. The zero-order chi connectivity index (χ0) is 14.0. The summed E-state index contributed by atoms with van der Waals surface area (Å²) in [7, 11) is 0. The van der Waals surface area contributed by atoms with Crippen molar-refractivity contribution in [1.82, 2.24) is 0 Å². The molecule has 0 bridgehead atoms. The van der Waals surface area contributed by atoms with Crippen molar-refractivity contribution in [1.29, 1.82) is 0 Å². The molecule has 0 rings (SSSR count). The van der Waals surface area contributed by atoms with Gasteiger partial charge in [0.05, 0.1) is 0 Å². The molecule has 0 aromatic heterocycles. The number of carbonyl (C=O) groups is 3. The van der Waals surface area contributed by atoms with Gasteiger partial charge in [0.25, 0.3) is 0 Å². The molecule has 0 saturated carbocycles. The van der Waals surface area contributed by atoms with Crippen LogP contribution in [0, 0.1) is 0 Å². The predicted molar refractivity (Wildman–Crippen MR) is 60.6 cm³/mol. The van der Waals surface area contributed by atoms with Crippen LogP contribution in [0.2, 0.25) is 0 Å². The Morgan fingerprint density at radius 1 is 1.06 bits per heavy atom. The van der Waals surface area contributed by atoms with Crippen LogP contribution in [0.3, 0.4) is 0 Å². The maximum absolute atomic E-state index is 10.1. The molecule has 0 aliphatic heterocycles. The highest BCUT2D eigenvalue weighted by Crippen LogP contribution is 1.98. The van der Waals surface area contributed by atoms with E-state index >= 15 is 0 Å². The minimum absolute atomic E-state index is 0.0255. The quantitative estimate of drug-likeness (QED) is 0.626. The van der Waals surface area contributed by atoms with Gasteiger partial charge >= 0.3 is 17.9 Å². The molecule has 0 aliphatic rings. The first-order valence-electron chi connectivity index (χ1n) is 4.37. The van der Waals surface area contributed by atoms with Gasteiger partial charge in [-0.25, -0.2) is 14.4 Å². The number of aliphatic carboxylic acids is 3. The van der Waals surface area contributed by atoms with Gasteiger partial charge in [0.15, 0.2) is 0 Å². The van der Waals surface area contributed by atoms with Gasteiger partial charge in [-0.3, -0.25) is 0 Å². The molecule has 17 heavy (non-hydrogen) atoms. The van der Waals surface area contributed by atoms with E-state index in [-0.39, 0.29) is 17.6 Å². The Hall–Kier alpha value is -2.37. The average Bonchev–Trinajstić information content (AvgIpc) is 2.17. The van der Waals surface area contributed by atoms with Gasteiger partial charge in [0.1, 0.15) is 0 Å². The lowest BCUT2D eigenvalue weighted by Gasteiger charge is -1.90. The molecule has 0 fully saturated rings. The van der Waals surface area contributed by atoms with Gasteiger partial charge in [-0.15, -0.1) is 0 Å². The fraction of sp³-hybridized carbons (Fsp3) is 0.182. The van der Waals surface area contributed by atoms with E-state index in [4.69, 9.17) is 15.3 Å². The first kappa shape index (κ1) is 17.0. The Kier molecular flexibility index (Phi) is 8.92. The van der Waals surface area contributed by atoms with Crippen LogP contribution < -0.4 is 0 Å². The van der Waals surface area contributed by atoms with Crippen LogP contribution in [0.4, 0.5) is 0 Å². The van der Waals surface area contributed by atoms with Crippen molar-refractivity contribution in [3.8, 4) is 0 Å². The van der Waals surface area contributed by atoms with Crippen molar-refractivity contribution < 1.29 is 29.7 Å². The van der Waals surface area contributed by atoms with Crippen molar-refractivity contribution in [3.63, 3.8) is 0 Å². The maximum atomic E-state index is 10.1. The van der Waals surface area contributed by atoms with E-state index in [1.807, 2.05) is 0 Å². The summed E-state index contributed by atoms with van der Waals surface area (Å²) >= 11 is 0. The summed E-state index contributed by atoms with van der Waals surface area (Å²) in [6.45, 7) is 7.81. The Morgan fingerprint density at radius 2 is 1.47 bits per heavy atom. The number of allylic oxidation sites excluding steroid dienone is 1. The Morgan fingerprint density at radius 3 is 1.71 bits per heavy atom. The largest absolute Gasteiger partial charge is 0.478 e. The van der Waals surface area contributed by atoms with E-state index < -0.39 is 17.9 Å². The third-order valence-corrected chi connectivity index (χ3v) is 1.29. The standard InChI is InChI=1S/C7H8O4.C4H6O2/c1-5(7(10)11)3-2-4-6(8)9;1-3(2)4(5)6/h2,4H,1,3H2,(H,8,9)(H,10,11);1H2,2H3,(H,5,6). The summed E-state index contributed by atoms with van der Waals surface area (Å²) < 4.78 is 0. The molecular weight excluding hydrogens is 228 g/mol. The second-order valence-electron chi connectivity index (χ2n) is 2.94. The van der Waals surface area contributed by atoms with Crippen molar-refractivity contribution in [2.24, 2.45) is 0 Å². The fourth-order valence-electron chi connectivity index (χ4n) is 0.389. The van der Waals surface area contributed by atoms with Crippen LogP contribution in [0.5, 0.6) is 0 Å². The molecule has 0 saturated heterocycles. The summed E-state index contributed by atoms with van der Waals surface area (Å²) in [4.78, 5) is 29.6. The van der Waals surface area contributed by atoms with Gasteiger partial charge in [-0.1, -0.05) is 19.2 Å². The Labute approximate surface area is 98.2 Å². The predicted octanol–water partition coefficient (Wildman–Crippen LogP) is 1.31. The molecule has 0 aromatic rings. The highest BCUT2D eigenvalue weighted by Gasteiger charge is 1.99. The van der Waals surface area contributed by atoms with Crippen molar-refractivity contribution in [3.05, 3.63) is 36.5 Å². The summed E-state index contributed by atoms with van der Waals surface area (Å²) in [5, 5.41) is 24.3. The van der Waals surface area contributed by atoms with E-state index in [0.29, 0.717) is 0 Å². The number of hydrogen-bond donors (Lipinski definition) is 3. The maximum Gasteiger partial charge on any atom is 0.331 e. The molecule has 94 valence electrons. The summed E-state index contributed by atoms with van der Waals surface area (Å²) in [5.74, 6) is -3.14. The molecule has 6 nitrogen and oxygen atoms in total. The van der Waals surface area contributed by atoms with Crippen molar-refractivity contribution in [2.45, 2.75) is 13.3 Å². The lowest BCUT2D eigenvalue weighted by atomic mass is 10.2. The van der Waals surface area contributed by atoms with E-state index in [1.165, 1.54) is 13.0 Å². The van der Waals surface area contributed by atoms with Gasteiger partial charge in [0.2, 0.25) is 0 Å². The minimum atomic E-state index is -1.11. The van der Waals surface area contributed by atoms with Gasteiger partial charge in [-0.05, 0) is 13.3 Å². The molecular formula is C11H14O6. The third kappa shape index (κ3) is 13.6. The van der Waals surface area contributed by atoms with Crippen LogP contribution >= 0.6 is 0 Å². The van der Waals surface area contributed by atoms with E-state index in [1.54, 1.807) is 0 Å². The molecule has 0 aliphatic carbocycles. The monoisotopic (exact) mass is 242 g/mol. The Bertz CT molecular complexity index is 352. The molecule has 0 spiro atoms. The average molecular weight is 242 g/mol. The molecule has 0 radical (unpaired) electrons. The highest BCUT2D eigenvalue weighted by atomic mass is 16.4. The first-order valence-corrected chi connectivity index (χ1v) is 4.37. The van der Waals surface area contributed by atoms with Crippen LogP contribution in [0.25, 0.3) is 0 Å². The first-order chi connectivity index (χ1) is 7.68. The molecule has 0 aromatic carbocycles. The zero-order valence-corrected chi connectivity index (χ0v) is 9.34. The van der Waals surface area contributed by atoms with Crippen LogP contribution in [-0.4, -0.2) is 33.2 Å². The number of carboxylic acids is 3. The second kappa shape index (κ2) is 8.90. The van der Waals surface area contributed by atoms with Crippen LogP contribution in [0.1, 0.15) is 13.3 Å². The number of carboxylic acid groups (broad SMARTS) is 3. The van der Waals surface area contributed by atoms with Crippen molar-refractivity contribution >= 4 is 17.9 Å². The number of hydrogen-bond acceptors (Lipinski definition) is 3. The summed E-state index contributed by atoms with van der Waals surface area (Å²) in [6.07, 6.45) is 2.18. The van der Waals surface area contributed by atoms with Crippen LogP contribution in [0.15, 0.2) is 36.5 Å². The van der Waals surface area contributed by atoms with Gasteiger partial charge < -0.3 is 15.3 Å². The highest BCUT2D eigenvalue weighted by molar-refractivity contribution is 5.86. The third-order valence-electron chi connectivity index (χ3n) is 1.29. The molecule has 0 atom stereocenters. The van der Waals surface area contributed by atoms with E-state index in [2.05, 4.69) is 13.2 Å². The summed E-state index contributed by atoms with van der Waals surface area (Å²) in [6, 6.07) is 0. The molecule has 0 unspecified atom stereocenters. The SMILES string of the molecule is C=C(C)C(=O)O.C=C(CC=CC(=O)O)C(=O)O. The molecule has 0 heterocycles.